The summed E-state index contributed by atoms with van der Waals surface area (Å²) in [5.74, 6) is -1.62. The molecule has 1 aliphatic carbocycles. The lowest BCUT2D eigenvalue weighted by Crippen LogP contribution is -2.42. The van der Waals surface area contributed by atoms with Crippen molar-refractivity contribution in [3.63, 3.8) is 0 Å². The van der Waals surface area contributed by atoms with Crippen LogP contribution in [0.2, 0.25) is 0 Å². The van der Waals surface area contributed by atoms with E-state index in [1.165, 1.54) is 31.3 Å². The monoisotopic (exact) mass is 454 g/mol. The highest BCUT2D eigenvalue weighted by Crippen LogP contribution is 2.39. The zero-order valence-electron chi connectivity index (χ0n) is 18.5. The van der Waals surface area contributed by atoms with Crippen LogP contribution in [-0.2, 0) is 23.1 Å². The van der Waals surface area contributed by atoms with E-state index in [0.29, 0.717) is 16.9 Å². The molecule has 0 unspecified atom stereocenters. The Bertz CT molecular complexity index is 1400. The number of aryl methyl sites for hydroxylation is 2. The maximum Gasteiger partial charge on any atom is 0.339 e. The van der Waals surface area contributed by atoms with Crippen LogP contribution in [0.5, 0.6) is 0 Å². The number of nitrogens with one attached hydrogen (secondary N) is 1. The highest BCUT2D eigenvalue weighted by molar-refractivity contribution is 6.02. The number of esters is 1. The van der Waals surface area contributed by atoms with Gasteiger partial charge in [0.1, 0.15) is 18.0 Å². The van der Waals surface area contributed by atoms with Gasteiger partial charge in [-0.3, -0.25) is 18.7 Å². The largest absolute Gasteiger partial charge is 0.462 e. The van der Waals surface area contributed by atoms with Gasteiger partial charge in [-0.1, -0.05) is 0 Å². The van der Waals surface area contributed by atoms with E-state index < -0.39 is 35.5 Å². The standard InChI is InChI=1S/C23H23FN4O5/c1-4-33-22(31)15-10-17(13-5-6-13)26-20-19(15)21(30)28(23(32)27(20)3)11-18(29)25-16-8-7-14(24)9-12(16)2/h7-10,13H,4-6,11H2,1-3H3,(H,25,29). The molecule has 0 bridgehead atoms. The second-order valence-electron chi connectivity index (χ2n) is 8.03. The molecule has 3 aromatic rings. The number of aromatic nitrogens is 3. The number of pyridine rings is 1. The topological polar surface area (TPSA) is 112 Å². The Hall–Kier alpha value is -3.82. The second kappa shape index (κ2) is 8.61. The number of benzene rings is 1. The van der Waals surface area contributed by atoms with Crippen molar-refractivity contribution in [3.8, 4) is 0 Å². The summed E-state index contributed by atoms with van der Waals surface area (Å²) < 4.78 is 20.4. The van der Waals surface area contributed by atoms with Crippen molar-refractivity contribution >= 4 is 28.6 Å². The van der Waals surface area contributed by atoms with Crippen LogP contribution >= 0.6 is 0 Å². The molecule has 172 valence electrons. The average Bonchev–Trinajstić information content (AvgIpc) is 3.62. The number of carbonyl (C=O) groups excluding carboxylic acids is 2. The van der Waals surface area contributed by atoms with E-state index in [1.54, 1.807) is 13.8 Å². The van der Waals surface area contributed by atoms with Crippen LogP contribution in [0.25, 0.3) is 11.0 Å². The van der Waals surface area contributed by atoms with Gasteiger partial charge in [-0.2, -0.15) is 0 Å². The van der Waals surface area contributed by atoms with E-state index >= 15 is 0 Å². The third-order valence-electron chi connectivity index (χ3n) is 5.57. The van der Waals surface area contributed by atoms with Crippen LogP contribution in [-0.4, -0.2) is 32.6 Å². The molecule has 1 aliphatic rings. The lowest BCUT2D eigenvalue weighted by molar-refractivity contribution is -0.116. The molecule has 0 radical (unpaired) electrons. The third kappa shape index (κ3) is 4.28. The molecule has 1 amide bonds. The molecule has 1 aromatic carbocycles. The van der Waals surface area contributed by atoms with Crippen molar-refractivity contribution in [3.05, 3.63) is 67.7 Å². The lowest BCUT2D eigenvalue weighted by atomic mass is 10.1. The van der Waals surface area contributed by atoms with Crippen molar-refractivity contribution < 1.29 is 18.7 Å². The normalized spacial score (nSPS) is 13.2. The molecule has 2 aromatic heterocycles. The number of halogens is 1. The fourth-order valence-corrected chi connectivity index (χ4v) is 3.70. The van der Waals surface area contributed by atoms with Gasteiger partial charge in [-0.25, -0.2) is 19.0 Å². The fraction of sp³-hybridized carbons (Fsp3) is 0.348. The molecule has 33 heavy (non-hydrogen) atoms. The molecule has 0 aliphatic heterocycles. The Morgan fingerprint density at radius 3 is 2.61 bits per heavy atom. The van der Waals surface area contributed by atoms with E-state index in [2.05, 4.69) is 10.3 Å². The van der Waals surface area contributed by atoms with Crippen molar-refractivity contribution in [2.24, 2.45) is 7.05 Å². The van der Waals surface area contributed by atoms with Gasteiger partial charge in [0, 0.05) is 24.3 Å². The molecule has 1 N–H and O–H groups in total. The van der Waals surface area contributed by atoms with Gasteiger partial charge >= 0.3 is 11.7 Å². The molecule has 0 saturated heterocycles. The number of carbonyl (C=O) groups is 2. The maximum absolute atomic E-state index is 13.3. The predicted octanol–water partition coefficient (Wildman–Crippen LogP) is 2.24. The van der Waals surface area contributed by atoms with Crippen molar-refractivity contribution in [1.29, 1.82) is 0 Å². The highest BCUT2D eigenvalue weighted by atomic mass is 19.1. The average molecular weight is 454 g/mol. The van der Waals surface area contributed by atoms with Crippen molar-refractivity contribution in [2.75, 3.05) is 11.9 Å². The Kier molecular flexibility index (Phi) is 5.84. The summed E-state index contributed by atoms with van der Waals surface area (Å²) in [7, 11) is 1.43. The number of fused-ring (bicyclic) bond motifs is 1. The van der Waals surface area contributed by atoms with Gasteiger partial charge < -0.3 is 10.1 Å². The van der Waals surface area contributed by atoms with Crippen LogP contribution in [0.4, 0.5) is 10.1 Å². The summed E-state index contributed by atoms with van der Waals surface area (Å²) in [6, 6.07) is 5.38. The van der Waals surface area contributed by atoms with Crippen LogP contribution in [0, 0.1) is 12.7 Å². The fourth-order valence-electron chi connectivity index (χ4n) is 3.70. The number of amides is 1. The van der Waals surface area contributed by atoms with Crippen LogP contribution in [0.3, 0.4) is 0 Å². The third-order valence-corrected chi connectivity index (χ3v) is 5.57. The van der Waals surface area contributed by atoms with E-state index in [1.807, 2.05) is 0 Å². The zero-order chi connectivity index (χ0) is 23.9. The minimum Gasteiger partial charge on any atom is -0.462 e. The maximum atomic E-state index is 13.3. The van der Waals surface area contributed by atoms with Crippen LogP contribution < -0.4 is 16.6 Å². The molecular formula is C23H23FN4O5. The number of ether oxygens (including phenoxy) is 1. The summed E-state index contributed by atoms with van der Waals surface area (Å²) in [5, 5.41) is 2.50. The first kappa shape index (κ1) is 22.4. The Balaban J connectivity index is 1.80. The number of rotatable bonds is 6. The predicted molar refractivity (Wildman–Crippen MR) is 119 cm³/mol. The molecular weight excluding hydrogens is 431 g/mol. The molecule has 4 rings (SSSR count). The lowest BCUT2D eigenvalue weighted by Gasteiger charge is -2.14. The first-order chi connectivity index (χ1) is 15.7. The summed E-state index contributed by atoms with van der Waals surface area (Å²) >= 11 is 0. The number of hydrogen-bond donors (Lipinski definition) is 1. The molecule has 0 spiro atoms. The van der Waals surface area contributed by atoms with Crippen molar-refractivity contribution in [1.82, 2.24) is 14.1 Å². The molecule has 10 heteroatoms. The second-order valence-corrected chi connectivity index (χ2v) is 8.03. The van der Waals surface area contributed by atoms with Crippen LogP contribution in [0.15, 0.2) is 33.9 Å². The summed E-state index contributed by atoms with van der Waals surface area (Å²) in [5.41, 5.74) is 0.0165. The minimum absolute atomic E-state index is 0.0212. The minimum atomic E-state index is -0.808. The van der Waals surface area contributed by atoms with Crippen molar-refractivity contribution in [2.45, 2.75) is 39.2 Å². The molecule has 1 saturated carbocycles. The van der Waals surface area contributed by atoms with Gasteiger partial charge in [0.05, 0.1) is 17.6 Å². The molecule has 0 atom stereocenters. The van der Waals surface area contributed by atoms with Crippen LogP contribution in [0.1, 0.15) is 47.3 Å². The van der Waals surface area contributed by atoms with Gasteiger partial charge in [0.25, 0.3) is 5.56 Å². The Morgan fingerprint density at radius 1 is 1.24 bits per heavy atom. The number of nitrogens with zero attached hydrogens (tertiary/aromatic N) is 3. The molecule has 1 fully saturated rings. The highest BCUT2D eigenvalue weighted by Gasteiger charge is 2.29. The van der Waals surface area contributed by atoms with Gasteiger partial charge in [0.2, 0.25) is 5.91 Å². The first-order valence-corrected chi connectivity index (χ1v) is 10.6. The van der Waals surface area contributed by atoms with E-state index in [9.17, 15) is 23.6 Å². The number of anilines is 1. The smallest absolute Gasteiger partial charge is 0.339 e. The van der Waals surface area contributed by atoms with Gasteiger partial charge in [-0.15, -0.1) is 0 Å². The van der Waals surface area contributed by atoms with Gasteiger partial charge in [-0.05, 0) is 56.5 Å². The first-order valence-electron chi connectivity index (χ1n) is 10.6. The summed E-state index contributed by atoms with van der Waals surface area (Å²) in [6.07, 6.45) is 1.82. The zero-order valence-corrected chi connectivity index (χ0v) is 18.5. The van der Waals surface area contributed by atoms with E-state index in [4.69, 9.17) is 4.74 Å². The number of hydrogen-bond acceptors (Lipinski definition) is 6. The molecule has 2 heterocycles. The SMILES string of the molecule is CCOC(=O)c1cc(C2CC2)nc2c1c(=O)n(CC(=O)Nc1ccc(F)cc1C)c(=O)n2C. The quantitative estimate of drug-likeness (QED) is 0.572. The van der Waals surface area contributed by atoms with E-state index in [0.717, 1.165) is 22.0 Å². The van der Waals surface area contributed by atoms with E-state index in [-0.39, 0.29) is 29.1 Å². The molecule has 9 nitrogen and oxygen atoms in total. The summed E-state index contributed by atoms with van der Waals surface area (Å²) in [4.78, 5) is 56.0. The summed E-state index contributed by atoms with van der Waals surface area (Å²) in [6.45, 7) is 2.79. The Labute approximate surface area is 187 Å². The Morgan fingerprint density at radius 2 is 1.97 bits per heavy atom. The van der Waals surface area contributed by atoms with Gasteiger partial charge in [0.15, 0.2) is 0 Å².